The van der Waals surface area contributed by atoms with E-state index < -0.39 is 38.3 Å². The van der Waals surface area contributed by atoms with Crippen LogP contribution in [0, 0.1) is 6.57 Å². The number of halogens is 3. The zero-order chi connectivity index (χ0) is 24.2. The number of esters is 1. The van der Waals surface area contributed by atoms with Crippen molar-refractivity contribution in [3.05, 3.63) is 89.3 Å². The second kappa shape index (κ2) is 9.22. The first kappa shape index (κ1) is 23.6. The van der Waals surface area contributed by atoms with E-state index in [0.29, 0.717) is 17.4 Å². The van der Waals surface area contributed by atoms with Gasteiger partial charge in [0.25, 0.3) is 10.0 Å². The highest BCUT2D eigenvalue weighted by Crippen LogP contribution is 2.36. The zero-order valence-electron chi connectivity index (χ0n) is 17.0. The smallest absolute Gasteiger partial charge is 0.416 e. The number of carbonyl (C=O) groups excluding carboxylic acids is 1. The highest BCUT2D eigenvalue weighted by Gasteiger charge is 2.32. The molecule has 0 bridgehead atoms. The third kappa shape index (κ3) is 5.42. The minimum atomic E-state index is -4.72. The van der Waals surface area contributed by atoms with Gasteiger partial charge in [0.2, 0.25) is 0 Å². The van der Waals surface area contributed by atoms with E-state index in [-0.39, 0.29) is 11.3 Å². The van der Waals surface area contributed by atoms with Crippen LogP contribution in [0.1, 0.15) is 15.9 Å². The van der Waals surface area contributed by atoms with E-state index in [9.17, 15) is 26.4 Å². The number of alkyl halides is 3. The number of hydrogen-bond donors (Lipinski definition) is 2. The Morgan fingerprint density at radius 1 is 1.00 bits per heavy atom. The molecule has 0 saturated carbocycles. The molecular formula is C22H16F3N3O4S. The van der Waals surface area contributed by atoms with Crippen molar-refractivity contribution in [2.24, 2.45) is 0 Å². The molecule has 2 N–H and O–H groups in total. The van der Waals surface area contributed by atoms with Gasteiger partial charge in [0.05, 0.1) is 36.2 Å². The fraction of sp³-hybridized carbons (Fsp3) is 0.0909. The summed E-state index contributed by atoms with van der Waals surface area (Å²) in [6.45, 7) is 6.98. The Hall–Kier alpha value is -4.04. The third-order valence-electron chi connectivity index (χ3n) is 4.45. The summed E-state index contributed by atoms with van der Waals surface area (Å²) >= 11 is 0. The molecule has 0 atom stereocenters. The lowest BCUT2D eigenvalue weighted by Crippen LogP contribution is -2.18. The number of benzene rings is 3. The third-order valence-corrected chi connectivity index (χ3v) is 5.87. The van der Waals surface area contributed by atoms with Gasteiger partial charge in [-0.15, -0.1) is 0 Å². The van der Waals surface area contributed by atoms with Crippen LogP contribution in [0.15, 0.2) is 71.6 Å². The molecule has 0 aliphatic heterocycles. The molecular weight excluding hydrogens is 459 g/mol. The van der Waals surface area contributed by atoms with Crippen LogP contribution in [-0.2, 0) is 20.9 Å². The van der Waals surface area contributed by atoms with E-state index in [1.165, 1.54) is 42.5 Å². The van der Waals surface area contributed by atoms with Gasteiger partial charge in [-0.05, 0) is 42.5 Å². The molecule has 33 heavy (non-hydrogen) atoms. The van der Waals surface area contributed by atoms with E-state index in [0.717, 1.165) is 25.3 Å². The fourth-order valence-corrected chi connectivity index (χ4v) is 4.14. The number of anilines is 3. The number of hydrogen-bond acceptors (Lipinski definition) is 5. The SMILES string of the molecule is [C-]#[N+]c1ccc(Nc2ccc(C(F)(F)F)cc2NS(=O)(=O)c2ccccc2C(=O)OC)cc1. The van der Waals surface area contributed by atoms with Crippen molar-refractivity contribution < 1.29 is 31.1 Å². The molecule has 0 unspecified atom stereocenters. The molecule has 11 heteroatoms. The molecule has 3 aromatic rings. The maximum Gasteiger partial charge on any atom is 0.416 e. The minimum Gasteiger partial charge on any atom is -0.465 e. The van der Waals surface area contributed by atoms with Crippen LogP contribution in [0.25, 0.3) is 4.85 Å². The second-order valence-electron chi connectivity index (χ2n) is 6.64. The number of nitrogens with one attached hydrogen (secondary N) is 2. The Kier molecular flexibility index (Phi) is 6.60. The van der Waals surface area contributed by atoms with Crippen molar-refractivity contribution in [3.8, 4) is 0 Å². The van der Waals surface area contributed by atoms with Gasteiger partial charge in [0.1, 0.15) is 4.90 Å². The van der Waals surface area contributed by atoms with E-state index in [4.69, 9.17) is 6.57 Å². The van der Waals surface area contributed by atoms with Crippen molar-refractivity contribution in [1.29, 1.82) is 0 Å². The van der Waals surface area contributed by atoms with Gasteiger partial charge in [-0.25, -0.2) is 18.1 Å². The highest BCUT2D eigenvalue weighted by molar-refractivity contribution is 7.92. The van der Waals surface area contributed by atoms with Crippen LogP contribution in [0.5, 0.6) is 0 Å². The number of ether oxygens (including phenoxy) is 1. The molecule has 0 spiro atoms. The Bertz CT molecular complexity index is 1330. The summed E-state index contributed by atoms with van der Waals surface area (Å²) in [5.74, 6) is -0.918. The zero-order valence-corrected chi connectivity index (χ0v) is 17.8. The van der Waals surface area contributed by atoms with E-state index in [1.54, 1.807) is 0 Å². The van der Waals surface area contributed by atoms with Crippen LogP contribution >= 0.6 is 0 Å². The maximum absolute atomic E-state index is 13.3. The van der Waals surface area contributed by atoms with Gasteiger partial charge in [-0.2, -0.15) is 13.2 Å². The average molecular weight is 475 g/mol. The standard InChI is InChI=1S/C22H16F3N3O4S/c1-26-15-8-10-16(11-9-15)27-18-12-7-14(22(23,24)25)13-19(18)28-33(30,31)20-6-4-3-5-17(20)21(29)32-2/h3-13,27-28H,2H3. The minimum absolute atomic E-state index is 0.0256. The number of methoxy groups -OCH3 is 1. The number of rotatable bonds is 6. The van der Waals surface area contributed by atoms with Crippen LogP contribution in [0.2, 0.25) is 0 Å². The maximum atomic E-state index is 13.3. The van der Waals surface area contributed by atoms with Crippen molar-refractivity contribution in [2.75, 3.05) is 17.1 Å². The van der Waals surface area contributed by atoms with Crippen molar-refractivity contribution in [2.45, 2.75) is 11.1 Å². The van der Waals surface area contributed by atoms with Crippen molar-refractivity contribution in [1.82, 2.24) is 0 Å². The number of nitrogens with zero attached hydrogens (tertiary/aromatic N) is 1. The van der Waals surface area contributed by atoms with Crippen LogP contribution in [-0.4, -0.2) is 21.5 Å². The summed E-state index contributed by atoms with van der Waals surface area (Å²) in [6.07, 6.45) is -4.72. The summed E-state index contributed by atoms with van der Waals surface area (Å²) in [5, 5.41) is 2.84. The van der Waals surface area contributed by atoms with Gasteiger partial charge >= 0.3 is 12.1 Å². The molecule has 0 aromatic heterocycles. The van der Waals surface area contributed by atoms with Gasteiger partial charge in [0.15, 0.2) is 5.69 Å². The molecule has 0 radical (unpaired) electrons. The predicted molar refractivity (Wildman–Crippen MR) is 116 cm³/mol. The molecule has 170 valence electrons. The lowest BCUT2D eigenvalue weighted by atomic mass is 10.1. The molecule has 3 rings (SSSR count). The van der Waals surface area contributed by atoms with E-state index in [1.807, 2.05) is 0 Å². The van der Waals surface area contributed by atoms with Crippen molar-refractivity contribution in [3.63, 3.8) is 0 Å². The van der Waals surface area contributed by atoms with Gasteiger partial charge < -0.3 is 10.1 Å². The summed E-state index contributed by atoms with van der Waals surface area (Å²) in [4.78, 5) is 14.8. The lowest BCUT2D eigenvalue weighted by molar-refractivity contribution is -0.137. The summed E-state index contributed by atoms with van der Waals surface area (Å²) in [7, 11) is -3.41. The summed E-state index contributed by atoms with van der Waals surface area (Å²) in [5.41, 5.74) is -0.943. The first-order valence-corrected chi connectivity index (χ1v) is 10.7. The van der Waals surface area contributed by atoms with E-state index in [2.05, 4.69) is 19.6 Å². The molecule has 3 aromatic carbocycles. The molecule has 0 aliphatic carbocycles. The average Bonchev–Trinajstić information content (AvgIpc) is 2.79. The second-order valence-corrected chi connectivity index (χ2v) is 8.29. The van der Waals surface area contributed by atoms with Gasteiger partial charge in [0, 0.05) is 5.69 Å². The molecule has 0 heterocycles. The fourth-order valence-electron chi connectivity index (χ4n) is 2.87. The Labute approximate surface area is 187 Å². The van der Waals surface area contributed by atoms with Crippen molar-refractivity contribution >= 4 is 38.7 Å². The van der Waals surface area contributed by atoms with Crippen LogP contribution < -0.4 is 10.0 Å². The Morgan fingerprint density at radius 2 is 1.67 bits per heavy atom. The normalized spacial score (nSPS) is 11.4. The molecule has 0 saturated heterocycles. The number of sulfonamides is 1. The Morgan fingerprint density at radius 3 is 2.27 bits per heavy atom. The number of carbonyl (C=O) groups is 1. The quantitative estimate of drug-likeness (QED) is 0.359. The summed E-state index contributed by atoms with van der Waals surface area (Å²) in [6, 6.07) is 13.7. The monoisotopic (exact) mass is 475 g/mol. The molecule has 0 fully saturated rings. The predicted octanol–water partition coefficient (Wildman–Crippen LogP) is 5.59. The van der Waals surface area contributed by atoms with Gasteiger partial charge in [-0.1, -0.05) is 24.3 Å². The van der Waals surface area contributed by atoms with Crippen LogP contribution in [0.3, 0.4) is 0 Å². The van der Waals surface area contributed by atoms with E-state index >= 15 is 0 Å². The molecule has 0 amide bonds. The highest BCUT2D eigenvalue weighted by atomic mass is 32.2. The first-order valence-electron chi connectivity index (χ1n) is 9.21. The first-order chi connectivity index (χ1) is 15.5. The lowest BCUT2D eigenvalue weighted by Gasteiger charge is -2.17. The summed E-state index contributed by atoms with van der Waals surface area (Å²) < 4.78 is 72.7. The topological polar surface area (TPSA) is 88.9 Å². The van der Waals surface area contributed by atoms with Crippen LogP contribution in [0.4, 0.5) is 35.9 Å². The van der Waals surface area contributed by atoms with Gasteiger partial charge in [-0.3, -0.25) is 4.72 Å². The molecule has 7 nitrogen and oxygen atoms in total. The Balaban J connectivity index is 2.06. The molecule has 0 aliphatic rings. The largest absolute Gasteiger partial charge is 0.465 e.